The highest BCUT2D eigenvalue weighted by Gasteiger charge is 2.37. The van der Waals surface area contributed by atoms with Gasteiger partial charge in [0, 0.05) is 11.1 Å². The fourth-order valence-electron chi connectivity index (χ4n) is 6.74. The summed E-state index contributed by atoms with van der Waals surface area (Å²) < 4.78 is 214. The van der Waals surface area contributed by atoms with Crippen LogP contribution in [0.25, 0.3) is 33.4 Å². The van der Waals surface area contributed by atoms with Crippen LogP contribution in [0.2, 0.25) is 0 Å². The SMILES string of the molecule is CC[NH+](CC)c1ccccc1.CC[NH+](CC)c1ccccc1.[O-]B([O-])c1cc(-c2c(F)c(F)c(F)c(F)c2F)c(O)c(-c2c(F)c(F)c(F)c(F)c2F)c1-c1c(F)c(F)c(F)c(F)c1F. The predicted octanol–water partition coefficient (Wildman–Crippen LogP) is 7.38. The third kappa shape index (κ3) is 10.1. The minimum Gasteiger partial charge on any atom is -0.889 e. The lowest BCUT2D eigenvalue weighted by Gasteiger charge is -2.33. The van der Waals surface area contributed by atoms with Gasteiger partial charge in [0.15, 0.2) is 69.8 Å². The molecule has 0 saturated carbocycles. The van der Waals surface area contributed by atoms with Gasteiger partial charge < -0.3 is 25.0 Å². The molecule has 0 radical (unpaired) electrons. The van der Waals surface area contributed by atoms with E-state index in [2.05, 4.69) is 88.4 Å². The van der Waals surface area contributed by atoms with Crippen molar-refractivity contribution < 1.29 is 90.8 Å². The van der Waals surface area contributed by atoms with Gasteiger partial charge in [0.25, 0.3) is 0 Å². The van der Waals surface area contributed by atoms with E-state index in [0.717, 1.165) is 0 Å². The highest BCUT2D eigenvalue weighted by Crippen LogP contribution is 2.49. The van der Waals surface area contributed by atoms with Crippen molar-refractivity contribution in [1.29, 1.82) is 0 Å². The Morgan fingerprint density at radius 1 is 0.385 bits per heavy atom. The number of rotatable bonds is 10. The first-order valence-corrected chi connectivity index (χ1v) is 19.2. The fraction of sp³-hybridized carbons (Fsp3) is 0.182. The summed E-state index contributed by atoms with van der Waals surface area (Å²) in [5.41, 5.74) is -13.4. The van der Waals surface area contributed by atoms with Crippen molar-refractivity contribution in [3.63, 3.8) is 0 Å². The molecule has 0 aliphatic rings. The molecule has 0 amide bonds. The van der Waals surface area contributed by atoms with Gasteiger partial charge in [-0.15, -0.1) is 5.46 Å². The number of phenolic OH excluding ortho intramolecular Hbond substituents is 1. The summed E-state index contributed by atoms with van der Waals surface area (Å²) in [5.74, 6) is -46.4. The summed E-state index contributed by atoms with van der Waals surface area (Å²) in [6.45, 7) is 13.5. The molecule has 0 aromatic heterocycles. The Labute approximate surface area is 361 Å². The van der Waals surface area contributed by atoms with Crippen molar-refractivity contribution in [2.75, 3.05) is 26.2 Å². The van der Waals surface area contributed by atoms with Gasteiger partial charge in [-0.1, -0.05) is 49.6 Å². The summed E-state index contributed by atoms with van der Waals surface area (Å²) in [7, 11) is -3.93. The maximum Gasteiger partial charge on any atom is 0.200 e. The van der Waals surface area contributed by atoms with Gasteiger partial charge in [0.05, 0.1) is 42.9 Å². The summed E-state index contributed by atoms with van der Waals surface area (Å²) in [6.07, 6.45) is 0. The molecule has 0 heterocycles. The molecule has 0 aliphatic carbocycles. The fourth-order valence-corrected chi connectivity index (χ4v) is 6.74. The third-order valence-corrected chi connectivity index (χ3v) is 10.1. The molecule has 6 aromatic rings. The molecule has 6 rings (SSSR count). The lowest BCUT2D eigenvalue weighted by molar-refractivity contribution is -0.828. The summed E-state index contributed by atoms with van der Waals surface area (Å²) in [4.78, 5) is 3.09. The number of para-hydroxylation sites is 2. The van der Waals surface area contributed by atoms with E-state index >= 15 is 0 Å². The molecule has 0 atom stereocenters. The maximum absolute atomic E-state index is 14.9. The lowest BCUT2D eigenvalue weighted by atomic mass is 9.71. The molecule has 6 aromatic carbocycles. The van der Waals surface area contributed by atoms with E-state index in [-0.39, 0.29) is 0 Å². The molecule has 3 N–H and O–H groups in total. The van der Waals surface area contributed by atoms with Crippen LogP contribution in [0.5, 0.6) is 5.75 Å². The van der Waals surface area contributed by atoms with Crippen LogP contribution in [0.15, 0.2) is 66.7 Å². The quantitative estimate of drug-likeness (QED) is 0.0582. The zero-order valence-electron chi connectivity index (χ0n) is 34.2. The van der Waals surface area contributed by atoms with Crippen LogP contribution in [-0.2, 0) is 0 Å². The first-order valence-electron chi connectivity index (χ1n) is 19.2. The van der Waals surface area contributed by atoms with Crippen LogP contribution < -0.4 is 25.3 Å². The molecule has 0 saturated heterocycles. The molecule has 21 heteroatoms. The number of hydrogen-bond donors (Lipinski definition) is 3. The number of hydrogen-bond acceptors (Lipinski definition) is 3. The minimum absolute atomic E-state index is 0.415. The van der Waals surface area contributed by atoms with Gasteiger partial charge in [-0.05, 0) is 57.5 Å². The Balaban J connectivity index is 0.000000340. The normalized spacial score (nSPS) is 11.1. The number of aromatic hydroxyl groups is 1. The number of phenols is 1. The van der Waals surface area contributed by atoms with Crippen molar-refractivity contribution in [2.45, 2.75) is 27.7 Å². The van der Waals surface area contributed by atoms with Crippen LogP contribution in [0, 0.1) is 87.3 Å². The number of benzene rings is 6. The second-order valence-electron chi connectivity index (χ2n) is 13.6. The van der Waals surface area contributed by atoms with Gasteiger partial charge in [-0.2, -0.15) is 0 Å². The largest absolute Gasteiger partial charge is 0.889 e. The Kier molecular flexibility index (Phi) is 17.3. The van der Waals surface area contributed by atoms with Gasteiger partial charge >= 0.3 is 0 Å². The maximum atomic E-state index is 14.9. The Morgan fingerprint density at radius 2 is 0.646 bits per heavy atom. The van der Waals surface area contributed by atoms with Crippen LogP contribution in [0.1, 0.15) is 27.7 Å². The molecule has 5 nitrogen and oxygen atoms in total. The highest BCUT2D eigenvalue weighted by molar-refractivity contribution is 6.58. The van der Waals surface area contributed by atoms with Gasteiger partial charge in [-0.25, -0.2) is 65.9 Å². The number of nitrogens with one attached hydrogen (secondary N) is 2. The number of halogens is 15. The first-order chi connectivity index (χ1) is 30.6. The Bertz CT molecular complexity index is 2530. The summed E-state index contributed by atoms with van der Waals surface area (Å²) >= 11 is 0. The summed E-state index contributed by atoms with van der Waals surface area (Å²) in [6, 6.07) is 20.8. The second-order valence-corrected chi connectivity index (χ2v) is 13.6. The van der Waals surface area contributed by atoms with Crippen molar-refractivity contribution >= 4 is 24.0 Å². The molecule has 0 spiro atoms. The van der Waals surface area contributed by atoms with E-state index in [0.29, 0.717) is 0 Å². The average molecular weight is 935 g/mol. The zero-order chi connectivity index (χ0) is 48.8. The average Bonchev–Trinajstić information content (AvgIpc) is 3.31. The monoisotopic (exact) mass is 934 g/mol. The van der Waals surface area contributed by atoms with Crippen molar-refractivity contribution in [3.8, 4) is 39.1 Å². The van der Waals surface area contributed by atoms with Crippen LogP contribution in [-0.4, -0.2) is 38.4 Å². The number of quaternary nitrogens is 2. The topological polar surface area (TPSA) is 75.2 Å². The molecule has 0 aliphatic heterocycles. The molecule has 65 heavy (non-hydrogen) atoms. The Hall–Kier alpha value is -6.03. The van der Waals surface area contributed by atoms with Crippen molar-refractivity contribution in [1.82, 2.24) is 0 Å². The van der Waals surface area contributed by atoms with E-state index < -0.39 is 145 Å². The smallest absolute Gasteiger partial charge is 0.200 e. The minimum atomic E-state index is -3.93. The molecule has 0 unspecified atom stereocenters. The van der Waals surface area contributed by atoms with E-state index in [1.807, 2.05) is 0 Å². The van der Waals surface area contributed by atoms with Crippen LogP contribution >= 0.6 is 0 Å². The highest BCUT2D eigenvalue weighted by atomic mass is 19.2. The van der Waals surface area contributed by atoms with Gasteiger partial charge in [0.1, 0.15) is 17.1 Å². The molecule has 346 valence electrons. The second kappa shape index (κ2) is 21.8. The zero-order valence-corrected chi connectivity index (χ0v) is 34.2. The van der Waals surface area contributed by atoms with Gasteiger partial charge in [-0.3, -0.25) is 0 Å². The van der Waals surface area contributed by atoms with E-state index in [1.54, 1.807) is 9.80 Å². The van der Waals surface area contributed by atoms with Gasteiger partial charge in [0.2, 0.25) is 17.5 Å². The summed E-state index contributed by atoms with van der Waals surface area (Å²) in [5, 5.41) is 34.8. The van der Waals surface area contributed by atoms with E-state index in [1.165, 1.54) is 37.6 Å². The molecular weight excluding hydrogens is 900 g/mol. The van der Waals surface area contributed by atoms with E-state index in [9.17, 15) is 81.0 Å². The third-order valence-electron chi connectivity index (χ3n) is 10.1. The first kappa shape index (κ1) is 51.6. The van der Waals surface area contributed by atoms with Crippen LogP contribution in [0.3, 0.4) is 0 Å². The lowest BCUT2D eigenvalue weighted by Crippen LogP contribution is -3.06. The standard InChI is InChI=1S/C24H2BF15O3.2C10H15N/c26-9-4(10(27)16(33)21(38)15(9)32)2-1-3(25(42)43)5(7-11(28)17(34)22(39)18(35)12(7)29)6(24(2)41)8-13(30)19(36)23(40)20(37)14(8)31;2*1-3-11(4-2)10-8-6-5-7-9-10/h1,41H;2*5-9H,3-4H2,1-2H3/q-2;;/p+2. The van der Waals surface area contributed by atoms with Crippen molar-refractivity contribution in [2.24, 2.45) is 0 Å². The molecular formula is C44H34BF15N2O3. The molecule has 0 bridgehead atoms. The Morgan fingerprint density at radius 3 is 0.923 bits per heavy atom. The van der Waals surface area contributed by atoms with E-state index in [4.69, 9.17) is 0 Å². The van der Waals surface area contributed by atoms with Crippen LogP contribution in [0.4, 0.5) is 77.2 Å². The predicted molar refractivity (Wildman–Crippen MR) is 205 cm³/mol. The van der Waals surface area contributed by atoms with Crippen molar-refractivity contribution in [3.05, 3.63) is 154 Å². The molecule has 0 fully saturated rings.